The molecule has 0 aliphatic carbocycles. The monoisotopic (exact) mass is 265 g/mol. The standard InChI is InChI=1S/C15H23NO3/c1-12(2)9-16-6-3-7-17-10-13-4-5-14-15(8-13)19-11-18-14/h4-5,8,12,16H,3,6-7,9-11H2,1-2H3. The number of benzene rings is 1. The Balaban J connectivity index is 1.58. The van der Waals surface area contributed by atoms with Crippen LogP contribution in [0.25, 0.3) is 0 Å². The van der Waals surface area contributed by atoms with Crippen molar-refractivity contribution < 1.29 is 14.2 Å². The molecule has 4 nitrogen and oxygen atoms in total. The lowest BCUT2D eigenvalue weighted by atomic mass is 10.2. The van der Waals surface area contributed by atoms with Crippen LogP contribution >= 0.6 is 0 Å². The van der Waals surface area contributed by atoms with Crippen molar-refractivity contribution >= 4 is 0 Å². The third-order valence-corrected chi connectivity index (χ3v) is 2.90. The van der Waals surface area contributed by atoms with E-state index in [1.807, 2.05) is 18.2 Å². The van der Waals surface area contributed by atoms with E-state index in [2.05, 4.69) is 19.2 Å². The Morgan fingerprint density at radius 1 is 1.26 bits per heavy atom. The van der Waals surface area contributed by atoms with Crippen molar-refractivity contribution in [2.45, 2.75) is 26.9 Å². The SMILES string of the molecule is CC(C)CNCCCOCc1ccc2c(c1)OCO2. The molecule has 0 fully saturated rings. The summed E-state index contributed by atoms with van der Waals surface area (Å²) in [6, 6.07) is 5.94. The van der Waals surface area contributed by atoms with Crippen molar-refractivity contribution in [1.29, 1.82) is 0 Å². The fraction of sp³-hybridized carbons (Fsp3) is 0.600. The van der Waals surface area contributed by atoms with Crippen molar-refractivity contribution in [3.8, 4) is 11.5 Å². The van der Waals surface area contributed by atoms with Crippen molar-refractivity contribution in [3.63, 3.8) is 0 Å². The van der Waals surface area contributed by atoms with Gasteiger partial charge in [0.05, 0.1) is 6.61 Å². The van der Waals surface area contributed by atoms with Crippen LogP contribution in [0.1, 0.15) is 25.8 Å². The van der Waals surface area contributed by atoms with Gasteiger partial charge in [0, 0.05) is 6.61 Å². The predicted octanol–water partition coefficient (Wildman–Crippen LogP) is 2.57. The van der Waals surface area contributed by atoms with Crippen molar-refractivity contribution in [1.82, 2.24) is 5.32 Å². The molecule has 0 aromatic heterocycles. The highest BCUT2D eigenvalue weighted by molar-refractivity contribution is 5.44. The molecular weight excluding hydrogens is 242 g/mol. The van der Waals surface area contributed by atoms with E-state index in [1.54, 1.807) is 0 Å². The molecule has 19 heavy (non-hydrogen) atoms. The highest BCUT2D eigenvalue weighted by atomic mass is 16.7. The molecule has 0 unspecified atom stereocenters. The Kier molecular flexibility index (Phi) is 5.48. The Bertz CT molecular complexity index is 393. The maximum Gasteiger partial charge on any atom is 0.231 e. The lowest BCUT2D eigenvalue weighted by molar-refractivity contribution is 0.118. The quantitative estimate of drug-likeness (QED) is 0.733. The molecule has 1 aliphatic rings. The molecule has 1 N–H and O–H groups in total. The Morgan fingerprint density at radius 2 is 2.11 bits per heavy atom. The largest absolute Gasteiger partial charge is 0.454 e. The first-order valence-corrected chi connectivity index (χ1v) is 6.92. The normalized spacial score (nSPS) is 13.2. The number of hydrogen-bond donors (Lipinski definition) is 1. The highest BCUT2D eigenvalue weighted by Crippen LogP contribution is 2.32. The molecule has 0 amide bonds. The topological polar surface area (TPSA) is 39.7 Å². The number of nitrogens with one attached hydrogen (secondary N) is 1. The maximum atomic E-state index is 5.65. The van der Waals surface area contributed by atoms with Crippen LogP contribution in [0, 0.1) is 5.92 Å². The van der Waals surface area contributed by atoms with E-state index in [0.29, 0.717) is 19.3 Å². The van der Waals surface area contributed by atoms with E-state index in [4.69, 9.17) is 14.2 Å². The van der Waals surface area contributed by atoms with Crippen LogP contribution in [0.3, 0.4) is 0 Å². The fourth-order valence-corrected chi connectivity index (χ4v) is 1.91. The molecule has 0 radical (unpaired) electrons. The molecule has 1 heterocycles. The fourth-order valence-electron chi connectivity index (χ4n) is 1.91. The minimum atomic E-state index is 0.321. The molecule has 1 aliphatic heterocycles. The number of hydrogen-bond acceptors (Lipinski definition) is 4. The molecule has 0 saturated carbocycles. The second-order valence-electron chi connectivity index (χ2n) is 5.19. The van der Waals surface area contributed by atoms with Crippen molar-refractivity contribution in [2.24, 2.45) is 5.92 Å². The van der Waals surface area contributed by atoms with Crippen LogP contribution in [0.4, 0.5) is 0 Å². The Hall–Kier alpha value is -1.26. The summed E-state index contributed by atoms with van der Waals surface area (Å²) in [4.78, 5) is 0. The Morgan fingerprint density at radius 3 is 2.95 bits per heavy atom. The molecule has 0 bridgehead atoms. The van der Waals surface area contributed by atoms with Crippen LogP contribution < -0.4 is 14.8 Å². The first kappa shape index (κ1) is 14.2. The summed E-state index contributed by atoms with van der Waals surface area (Å²) >= 11 is 0. The summed E-state index contributed by atoms with van der Waals surface area (Å²) in [6.07, 6.45) is 1.04. The van der Waals surface area contributed by atoms with Gasteiger partial charge in [-0.15, -0.1) is 0 Å². The van der Waals surface area contributed by atoms with Gasteiger partial charge < -0.3 is 19.5 Å². The van der Waals surface area contributed by atoms with Crippen LogP contribution in [0.15, 0.2) is 18.2 Å². The van der Waals surface area contributed by atoms with Gasteiger partial charge in [0.2, 0.25) is 6.79 Å². The molecule has 1 aromatic carbocycles. The van der Waals surface area contributed by atoms with Crippen LogP contribution in [0.2, 0.25) is 0 Å². The Labute approximate surface area is 115 Å². The van der Waals surface area contributed by atoms with E-state index >= 15 is 0 Å². The minimum Gasteiger partial charge on any atom is -0.454 e. The summed E-state index contributed by atoms with van der Waals surface area (Å²) in [6.45, 7) is 8.23. The van der Waals surface area contributed by atoms with Gasteiger partial charge in [0.1, 0.15) is 0 Å². The van der Waals surface area contributed by atoms with Crippen LogP contribution in [-0.4, -0.2) is 26.5 Å². The van der Waals surface area contributed by atoms with Gasteiger partial charge >= 0.3 is 0 Å². The van der Waals surface area contributed by atoms with E-state index in [0.717, 1.165) is 43.2 Å². The molecule has 1 aromatic rings. The number of rotatable bonds is 8. The number of fused-ring (bicyclic) bond motifs is 1. The van der Waals surface area contributed by atoms with Gasteiger partial charge in [-0.1, -0.05) is 19.9 Å². The first-order valence-electron chi connectivity index (χ1n) is 6.92. The third kappa shape index (κ3) is 4.73. The summed E-state index contributed by atoms with van der Waals surface area (Å²) in [7, 11) is 0. The van der Waals surface area contributed by atoms with Gasteiger partial charge in [0.15, 0.2) is 11.5 Å². The van der Waals surface area contributed by atoms with Crippen molar-refractivity contribution in [3.05, 3.63) is 23.8 Å². The van der Waals surface area contributed by atoms with E-state index in [9.17, 15) is 0 Å². The maximum absolute atomic E-state index is 5.65. The minimum absolute atomic E-state index is 0.321. The zero-order chi connectivity index (χ0) is 13.5. The van der Waals surface area contributed by atoms with Crippen LogP contribution in [-0.2, 0) is 11.3 Å². The summed E-state index contributed by atoms with van der Waals surface area (Å²) < 4.78 is 16.3. The predicted molar refractivity (Wildman–Crippen MR) is 74.5 cm³/mol. The molecule has 0 saturated heterocycles. The average Bonchev–Trinajstić information content (AvgIpc) is 2.84. The summed E-state index contributed by atoms with van der Waals surface area (Å²) in [5, 5.41) is 3.40. The van der Waals surface area contributed by atoms with Gasteiger partial charge in [0.25, 0.3) is 0 Å². The molecule has 0 atom stereocenters. The molecular formula is C15H23NO3. The van der Waals surface area contributed by atoms with Gasteiger partial charge in [-0.05, 0) is 43.1 Å². The second-order valence-corrected chi connectivity index (χ2v) is 5.19. The van der Waals surface area contributed by atoms with E-state index in [1.165, 1.54) is 0 Å². The lowest BCUT2D eigenvalue weighted by Gasteiger charge is -2.08. The van der Waals surface area contributed by atoms with E-state index < -0.39 is 0 Å². The van der Waals surface area contributed by atoms with Crippen LogP contribution in [0.5, 0.6) is 11.5 Å². The lowest BCUT2D eigenvalue weighted by Crippen LogP contribution is -2.21. The van der Waals surface area contributed by atoms with Gasteiger partial charge in [-0.3, -0.25) is 0 Å². The summed E-state index contributed by atoms with van der Waals surface area (Å²) in [5.41, 5.74) is 1.12. The average molecular weight is 265 g/mol. The van der Waals surface area contributed by atoms with Gasteiger partial charge in [-0.2, -0.15) is 0 Å². The highest BCUT2D eigenvalue weighted by Gasteiger charge is 2.12. The first-order chi connectivity index (χ1) is 9.25. The van der Waals surface area contributed by atoms with E-state index in [-0.39, 0.29) is 0 Å². The third-order valence-electron chi connectivity index (χ3n) is 2.90. The molecule has 106 valence electrons. The zero-order valence-electron chi connectivity index (χ0n) is 11.8. The smallest absolute Gasteiger partial charge is 0.231 e. The summed E-state index contributed by atoms with van der Waals surface area (Å²) in [5.74, 6) is 2.34. The molecule has 0 spiro atoms. The number of ether oxygens (including phenoxy) is 3. The molecule has 2 rings (SSSR count). The van der Waals surface area contributed by atoms with Crippen molar-refractivity contribution in [2.75, 3.05) is 26.5 Å². The zero-order valence-corrected chi connectivity index (χ0v) is 11.8. The van der Waals surface area contributed by atoms with Gasteiger partial charge in [-0.25, -0.2) is 0 Å². The molecule has 4 heteroatoms. The second kappa shape index (κ2) is 7.36.